The lowest BCUT2D eigenvalue weighted by Gasteiger charge is -2.43. The second-order valence-corrected chi connectivity index (χ2v) is 29.4. The molecular weight excluding hydrogens is 989 g/mol. The van der Waals surface area contributed by atoms with Crippen molar-refractivity contribution in [3.8, 4) is 0 Å². The zero-order valence-corrected chi connectivity index (χ0v) is 52.2. The van der Waals surface area contributed by atoms with Crippen molar-refractivity contribution in [2.75, 3.05) is 0 Å². The van der Waals surface area contributed by atoms with Crippen LogP contribution in [0.4, 0.5) is 0 Å². The van der Waals surface area contributed by atoms with Gasteiger partial charge in [-0.3, -0.25) is 42.5 Å². The van der Waals surface area contributed by atoms with E-state index in [0.717, 1.165) is 63.5 Å². The molecule has 79 heavy (non-hydrogen) atoms. The quantitative estimate of drug-likeness (QED) is 0.0373. The van der Waals surface area contributed by atoms with Crippen LogP contribution in [0.1, 0.15) is 175 Å². The van der Waals surface area contributed by atoms with E-state index >= 15 is 0 Å². The summed E-state index contributed by atoms with van der Waals surface area (Å²) < 4.78 is 36.2. The minimum absolute atomic E-state index is 0.0123. The summed E-state index contributed by atoms with van der Waals surface area (Å²) in [5, 5.41) is 34.9. The van der Waals surface area contributed by atoms with Crippen LogP contribution in [0, 0.1) is 94.7 Å². The van der Waals surface area contributed by atoms with Gasteiger partial charge in [-0.1, -0.05) is 143 Å². The Hall–Kier alpha value is -1.95. The molecule has 0 aromatic rings. The van der Waals surface area contributed by atoms with Crippen molar-refractivity contribution in [3.63, 3.8) is 0 Å². The summed E-state index contributed by atoms with van der Waals surface area (Å²) in [6.07, 6.45) is 18.0. The van der Waals surface area contributed by atoms with E-state index in [9.17, 15) is 4.79 Å². The molecule has 0 spiro atoms. The van der Waals surface area contributed by atoms with Crippen LogP contribution < -0.4 is 42.5 Å². The Kier molecular flexibility index (Phi) is 20.1. The molecule has 0 amide bonds. The highest BCUT2D eigenvalue weighted by molar-refractivity contribution is 5.82. The monoisotopic (exact) mass is 1100 g/mol. The van der Waals surface area contributed by atoms with Crippen LogP contribution in [0.25, 0.3) is 0 Å². The normalized spacial score (nSPS) is 40.4. The Morgan fingerprint density at radius 1 is 0.481 bits per heavy atom. The minimum Gasteiger partial charge on any atom is -0.494 e. The van der Waals surface area contributed by atoms with Crippen molar-refractivity contribution in [2.45, 2.75) is 273 Å². The van der Waals surface area contributed by atoms with Crippen LogP contribution in [0.15, 0.2) is 36.6 Å². The van der Waals surface area contributed by atoms with E-state index in [2.05, 4.69) is 178 Å². The molecule has 5 saturated heterocycles. The van der Waals surface area contributed by atoms with Crippen molar-refractivity contribution in [1.82, 2.24) is 42.5 Å². The maximum Gasteiger partial charge on any atom is 0.331 e. The molecule has 0 aromatic heterocycles. The highest BCUT2D eigenvalue weighted by Crippen LogP contribution is 2.49. The standard InChI is InChI=1S/C65H114N8O6/c1-19-48(74)79-65(18)30-29-43-52(47(31-65)78-56(38(14)15)39(16)17)64-71-59-42-25-22-27-45(76-54(34(6)7)35(8)9)50(42)62(70-59)67-57-40-23-20-26-44(75-53(32(2)3)33(4)5)49(40)61(66-57)68-58-41-24-21-28-46(77-55(36(10)11)37(12)13)51(41)63(69-58)72-60(43)73-64/h19,29-46,49-64,66-73H,1,20-28H2,2-18H3. The van der Waals surface area contributed by atoms with Crippen molar-refractivity contribution >= 4 is 5.97 Å². The van der Waals surface area contributed by atoms with Crippen LogP contribution in [0.3, 0.4) is 0 Å². The van der Waals surface area contributed by atoms with Crippen molar-refractivity contribution in [1.29, 1.82) is 0 Å². The molecule has 5 heterocycles. The van der Waals surface area contributed by atoms with E-state index in [1.165, 1.54) is 6.08 Å². The zero-order valence-electron chi connectivity index (χ0n) is 52.2. The second kappa shape index (κ2) is 25.7. The third kappa shape index (κ3) is 13.2. The molecule has 0 aromatic carbocycles. The lowest BCUT2D eigenvalue weighted by atomic mass is 9.74. The van der Waals surface area contributed by atoms with Gasteiger partial charge in [-0.15, -0.1) is 0 Å². The van der Waals surface area contributed by atoms with E-state index in [4.69, 9.17) is 23.7 Å². The van der Waals surface area contributed by atoms with Crippen LogP contribution >= 0.6 is 0 Å². The van der Waals surface area contributed by atoms with Crippen LogP contribution in [-0.2, 0) is 28.5 Å². The number of ether oxygens (including phenoxy) is 5. The Bertz CT molecular complexity index is 2050. The van der Waals surface area contributed by atoms with Crippen molar-refractivity contribution in [2.24, 2.45) is 94.7 Å². The topological polar surface area (TPSA) is 159 Å². The molecule has 20 unspecified atom stereocenters. The summed E-state index contributed by atoms with van der Waals surface area (Å²) in [5.74, 6) is 4.81. The Morgan fingerprint density at radius 3 is 1.15 bits per heavy atom. The summed E-state index contributed by atoms with van der Waals surface area (Å²) >= 11 is 0. The first-order valence-corrected chi connectivity index (χ1v) is 32.5. The van der Waals surface area contributed by atoms with Gasteiger partial charge >= 0.3 is 5.97 Å². The number of hydrogen-bond acceptors (Lipinski definition) is 14. The minimum atomic E-state index is -1.07. The van der Waals surface area contributed by atoms with Gasteiger partial charge in [0.2, 0.25) is 0 Å². The Morgan fingerprint density at radius 2 is 0.810 bits per heavy atom. The summed E-state index contributed by atoms with van der Waals surface area (Å²) in [6, 6.07) is 0. The molecule has 8 fully saturated rings. The average molecular weight is 1100 g/mol. The van der Waals surface area contributed by atoms with Gasteiger partial charge in [0.15, 0.2) is 0 Å². The van der Waals surface area contributed by atoms with Crippen LogP contribution in [-0.4, -0.2) is 104 Å². The lowest BCUT2D eigenvalue weighted by molar-refractivity contribution is -0.144. The molecule has 9 aliphatic rings. The van der Waals surface area contributed by atoms with Gasteiger partial charge in [-0.25, -0.2) is 4.79 Å². The second-order valence-electron chi connectivity index (χ2n) is 29.4. The first-order valence-electron chi connectivity index (χ1n) is 32.5. The molecule has 3 saturated carbocycles. The first-order chi connectivity index (χ1) is 37.5. The molecule has 14 nitrogen and oxygen atoms in total. The molecule has 20 atom stereocenters. The van der Waals surface area contributed by atoms with E-state index in [1.807, 2.05) is 6.92 Å². The number of carbonyl (C=O) groups excluding carboxylic acids is 1. The summed E-state index contributed by atoms with van der Waals surface area (Å²) in [7, 11) is 0. The summed E-state index contributed by atoms with van der Waals surface area (Å²) in [4.78, 5) is 13.3. The lowest BCUT2D eigenvalue weighted by Crippen LogP contribution is -2.62. The van der Waals surface area contributed by atoms with Gasteiger partial charge in [0, 0.05) is 35.8 Å². The molecular formula is C65H114N8O6. The van der Waals surface area contributed by atoms with Gasteiger partial charge in [-0.2, -0.15) is 0 Å². The van der Waals surface area contributed by atoms with Gasteiger partial charge in [0.05, 0.1) is 91.9 Å². The van der Waals surface area contributed by atoms with E-state index < -0.39 is 11.6 Å². The number of esters is 1. The number of nitrogens with one attached hydrogen (secondary N) is 8. The molecule has 450 valence electrons. The first kappa shape index (κ1) is 61.6. The summed E-state index contributed by atoms with van der Waals surface area (Å²) in [5.41, 5.74) is -1.07. The molecule has 8 bridgehead atoms. The van der Waals surface area contributed by atoms with Crippen LogP contribution in [0.5, 0.6) is 0 Å². The molecule has 14 heteroatoms. The number of fused-ring (bicyclic) bond motifs is 20. The third-order valence-electron chi connectivity index (χ3n) is 20.7. The van der Waals surface area contributed by atoms with E-state index in [0.29, 0.717) is 53.3 Å². The predicted molar refractivity (Wildman–Crippen MR) is 316 cm³/mol. The third-order valence-corrected chi connectivity index (χ3v) is 20.7. The average Bonchev–Trinajstić information content (AvgIpc) is 4.33. The highest BCUT2D eigenvalue weighted by Gasteiger charge is 2.59. The zero-order chi connectivity index (χ0) is 56.9. The Labute approximate surface area is 479 Å². The molecule has 8 N–H and O–H groups in total. The number of carbonyl (C=O) groups is 1. The highest BCUT2D eigenvalue weighted by atomic mass is 16.6. The fraction of sp³-hybridized carbons (Fsp3) is 0.892. The number of hydrogen-bond donors (Lipinski definition) is 8. The van der Waals surface area contributed by atoms with Gasteiger partial charge in [0.25, 0.3) is 0 Å². The van der Waals surface area contributed by atoms with Crippen molar-refractivity contribution in [3.05, 3.63) is 36.6 Å². The van der Waals surface area contributed by atoms with Crippen molar-refractivity contribution < 1.29 is 28.5 Å². The fourth-order valence-electron chi connectivity index (χ4n) is 17.7. The largest absolute Gasteiger partial charge is 0.494 e. The smallest absolute Gasteiger partial charge is 0.331 e. The van der Waals surface area contributed by atoms with E-state index in [-0.39, 0.29) is 133 Å². The molecule has 0 radical (unpaired) electrons. The molecule has 4 aliphatic carbocycles. The predicted octanol–water partition coefficient (Wildman–Crippen LogP) is 9.70. The maximum absolute atomic E-state index is 13.3. The molecule has 9 rings (SSSR count). The fourth-order valence-corrected chi connectivity index (χ4v) is 17.7. The van der Waals surface area contributed by atoms with Gasteiger partial charge < -0.3 is 23.7 Å². The maximum atomic E-state index is 13.3. The Balaban J connectivity index is 1.18. The summed E-state index contributed by atoms with van der Waals surface area (Å²) in [6.45, 7) is 42.8. The van der Waals surface area contributed by atoms with Gasteiger partial charge in [-0.05, 0) is 117 Å². The molecule has 5 aliphatic heterocycles. The van der Waals surface area contributed by atoms with Gasteiger partial charge in [0.1, 0.15) is 17.5 Å². The SMILES string of the molecule is C=CC(=O)OC1(C)C=CC2C3NC(NC4NC(NC5NC(NC6NC(N3)C3C(OC(C(C)C)C(C)C)CCCC63)C3C(OC(C(C)C)C(C)C)CCCC53)C3C(OC(C(C)C)C(C)C)CCCC43)C2C(OC(C(C)C)C(C)C)=C1. The van der Waals surface area contributed by atoms with E-state index in [1.54, 1.807) is 0 Å². The van der Waals surface area contributed by atoms with Crippen LogP contribution in [0.2, 0.25) is 0 Å². The number of rotatable bonds is 18.